The maximum Gasteiger partial charge on any atom is 0.160 e. The van der Waals surface area contributed by atoms with Gasteiger partial charge in [0.15, 0.2) is 5.82 Å². The van der Waals surface area contributed by atoms with Crippen molar-refractivity contribution in [1.29, 1.82) is 0 Å². The minimum atomic E-state index is 0.690. The normalized spacial score (nSPS) is 11.5. The molecule has 2 heterocycles. The molecule has 0 aliphatic rings. The summed E-state index contributed by atoms with van der Waals surface area (Å²) in [5.41, 5.74) is 14.3. The summed E-state index contributed by atoms with van der Waals surface area (Å²) in [4.78, 5) is 10.4. The molecule has 7 aromatic carbocycles. The third-order valence-electron chi connectivity index (χ3n) is 10.1. The van der Waals surface area contributed by atoms with E-state index in [0.717, 1.165) is 68.2 Å². The highest BCUT2D eigenvalue weighted by Crippen LogP contribution is 2.43. The molecule has 244 valence electrons. The molecule has 51 heavy (non-hydrogen) atoms. The standard InChI is InChI=1S/C48H36N2O/c1-3-31-15-8-9-19-35(31)47-32(4-2)18-14-23-42(47)38-27-28-39(37-21-11-10-20-36(37)38)44-30-43(49-48(50-44)33-16-6-5-7-17-33)34-25-26-41-40-22-12-13-24-45(40)51-46(41)29-34/h5-30H,3-4H2,1-2H3. The lowest BCUT2D eigenvalue weighted by atomic mass is 9.84. The lowest BCUT2D eigenvalue weighted by Gasteiger charge is -2.20. The van der Waals surface area contributed by atoms with E-state index in [9.17, 15) is 0 Å². The van der Waals surface area contributed by atoms with E-state index in [1.807, 2.05) is 30.3 Å². The van der Waals surface area contributed by atoms with Crippen molar-refractivity contribution in [3.05, 3.63) is 169 Å². The van der Waals surface area contributed by atoms with Crippen LogP contribution in [0.5, 0.6) is 0 Å². The van der Waals surface area contributed by atoms with Crippen molar-refractivity contribution in [2.45, 2.75) is 26.7 Å². The Hall–Kier alpha value is -6.32. The fraction of sp³-hybridized carbons (Fsp3) is 0.0833. The van der Waals surface area contributed by atoms with Gasteiger partial charge in [-0.15, -0.1) is 0 Å². The molecule has 0 amide bonds. The zero-order valence-corrected chi connectivity index (χ0v) is 28.7. The van der Waals surface area contributed by atoms with Crippen LogP contribution in [0.15, 0.2) is 162 Å². The van der Waals surface area contributed by atoms with Crippen LogP contribution in [-0.2, 0) is 12.8 Å². The Morgan fingerprint density at radius 3 is 1.86 bits per heavy atom. The summed E-state index contributed by atoms with van der Waals surface area (Å²) in [6.45, 7) is 4.49. The third-order valence-corrected chi connectivity index (χ3v) is 10.1. The predicted molar refractivity (Wildman–Crippen MR) is 213 cm³/mol. The predicted octanol–water partition coefficient (Wildman–Crippen LogP) is 13.0. The number of rotatable bonds is 7. The first-order valence-electron chi connectivity index (χ1n) is 17.8. The van der Waals surface area contributed by atoms with Gasteiger partial charge in [0.05, 0.1) is 11.4 Å². The number of nitrogens with zero attached hydrogens (tertiary/aromatic N) is 2. The van der Waals surface area contributed by atoms with Crippen LogP contribution in [0.4, 0.5) is 0 Å². The van der Waals surface area contributed by atoms with Gasteiger partial charge in [-0.05, 0) is 81.3 Å². The highest BCUT2D eigenvalue weighted by Gasteiger charge is 2.19. The molecule has 0 atom stereocenters. The fourth-order valence-electron chi connectivity index (χ4n) is 7.60. The monoisotopic (exact) mass is 656 g/mol. The number of furan rings is 1. The minimum Gasteiger partial charge on any atom is -0.456 e. The van der Waals surface area contributed by atoms with Crippen LogP contribution in [0.1, 0.15) is 25.0 Å². The Morgan fingerprint density at radius 1 is 0.412 bits per heavy atom. The summed E-state index contributed by atoms with van der Waals surface area (Å²) in [6.07, 6.45) is 1.94. The molecule has 9 aromatic rings. The number of para-hydroxylation sites is 1. The molecule has 0 bridgehead atoms. The van der Waals surface area contributed by atoms with Gasteiger partial charge in [0.1, 0.15) is 11.2 Å². The van der Waals surface area contributed by atoms with Gasteiger partial charge in [-0.2, -0.15) is 0 Å². The van der Waals surface area contributed by atoms with Crippen molar-refractivity contribution in [1.82, 2.24) is 9.97 Å². The molecule has 0 aliphatic heterocycles. The maximum absolute atomic E-state index is 6.29. The first kappa shape index (κ1) is 30.7. The van der Waals surface area contributed by atoms with Gasteiger partial charge >= 0.3 is 0 Å². The molecule has 3 nitrogen and oxygen atoms in total. The van der Waals surface area contributed by atoms with Gasteiger partial charge in [0.25, 0.3) is 0 Å². The molecule has 0 saturated heterocycles. The van der Waals surface area contributed by atoms with E-state index >= 15 is 0 Å². The number of hydrogen-bond donors (Lipinski definition) is 0. The van der Waals surface area contributed by atoms with Crippen LogP contribution in [0.3, 0.4) is 0 Å². The van der Waals surface area contributed by atoms with Gasteiger partial charge in [-0.3, -0.25) is 0 Å². The van der Waals surface area contributed by atoms with Crippen molar-refractivity contribution in [2.24, 2.45) is 0 Å². The molecule has 0 spiro atoms. The van der Waals surface area contributed by atoms with Crippen LogP contribution in [0.2, 0.25) is 0 Å². The second-order valence-electron chi connectivity index (χ2n) is 13.0. The zero-order chi connectivity index (χ0) is 34.3. The SMILES string of the molecule is CCc1ccccc1-c1c(CC)cccc1-c1ccc(-c2cc(-c3ccc4c(c3)oc3ccccc34)nc(-c3ccccc3)n2)c2ccccc12. The van der Waals surface area contributed by atoms with E-state index in [0.29, 0.717) is 5.82 Å². The van der Waals surface area contributed by atoms with Crippen molar-refractivity contribution in [3.8, 4) is 56.2 Å². The van der Waals surface area contributed by atoms with Crippen molar-refractivity contribution in [2.75, 3.05) is 0 Å². The van der Waals surface area contributed by atoms with Crippen LogP contribution < -0.4 is 0 Å². The summed E-state index contributed by atoms with van der Waals surface area (Å²) in [5, 5.41) is 4.57. The summed E-state index contributed by atoms with van der Waals surface area (Å²) in [6, 6.07) is 55.8. The average Bonchev–Trinajstić information content (AvgIpc) is 3.58. The second kappa shape index (κ2) is 12.9. The van der Waals surface area contributed by atoms with Crippen molar-refractivity contribution < 1.29 is 4.42 Å². The number of fused-ring (bicyclic) bond motifs is 4. The van der Waals surface area contributed by atoms with Crippen molar-refractivity contribution >= 4 is 32.7 Å². The molecular weight excluding hydrogens is 621 g/mol. The Kier molecular flexibility index (Phi) is 7.74. The van der Waals surface area contributed by atoms with E-state index in [1.165, 1.54) is 38.8 Å². The number of hydrogen-bond acceptors (Lipinski definition) is 3. The third kappa shape index (κ3) is 5.39. The second-order valence-corrected chi connectivity index (χ2v) is 13.0. The molecule has 0 aliphatic carbocycles. The lowest BCUT2D eigenvalue weighted by molar-refractivity contribution is 0.669. The Balaban J connectivity index is 1.25. The summed E-state index contributed by atoms with van der Waals surface area (Å²) < 4.78 is 6.29. The molecule has 0 radical (unpaired) electrons. The Bertz CT molecular complexity index is 2720. The Labute approximate surface area is 297 Å². The topological polar surface area (TPSA) is 38.9 Å². The highest BCUT2D eigenvalue weighted by molar-refractivity contribution is 6.08. The zero-order valence-electron chi connectivity index (χ0n) is 28.7. The van der Waals surface area contributed by atoms with Gasteiger partial charge < -0.3 is 4.42 Å². The summed E-state index contributed by atoms with van der Waals surface area (Å²) >= 11 is 0. The molecular formula is C48H36N2O. The number of benzene rings is 7. The fourth-order valence-corrected chi connectivity index (χ4v) is 7.60. The molecule has 9 rings (SSSR count). The van der Waals surface area contributed by atoms with E-state index in [2.05, 4.69) is 141 Å². The van der Waals surface area contributed by atoms with E-state index in [4.69, 9.17) is 14.4 Å². The van der Waals surface area contributed by atoms with E-state index in [1.54, 1.807) is 0 Å². The summed E-state index contributed by atoms with van der Waals surface area (Å²) in [7, 11) is 0. The molecule has 2 aromatic heterocycles. The van der Waals surface area contributed by atoms with Crippen LogP contribution in [0.25, 0.3) is 88.9 Å². The largest absolute Gasteiger partial charge is 0.456 e. The summed E-state index contributed by atoms with van der Waals surface area (Å²) in [5.74, 6) is 0.690. The van der Waals surface area contributed by atoms with Crippen LogP contribution in [0, 0.1) is 0 Å². The first-order chi connectivity index (χ1) is 25.2. The van der Waals surface area contributed by atoms with Gasteiger partial charge in [0, 0.05) is 27.5 Å². The minimum absolute atomic E-state index is 0.690. The van der Waals surface area contributed by atoms with E-state index in [-0.39, 0.29) is 0 Å². The molecule has 0 fully saturated rings. The molecule has 0 saturated carbocycles. The van der Waals surface area contributed by atoms with Gasteiger partial charge in [0.2, 0.25) is 0 Å². The number of aromatic nitrogens is 2. The number of aryl methyl sites for hydroxylation is 2. The lowest BCUT2D eigenvalue weighted by Crippen LogP contribution is -1.98. The molecule has 0 N–H and O–H groups in total. The molecule has 0 unspecified atom stereocenters. The smallest absolute Gasteiger partial charge is 0.160 e. The van der Waals surface area contributed by atoms with Crippen LogP contribution in [-0.4, -0.2) is 9.97 Å². The first-order valence-corrected chi connectivity index (χ1v) is 17.8. The highest BCUT2D eigenvalue weighted by atomic mass is 16.3. The molecule has 3 heteroatoms. The van der Waals surface area contributed by atoms with Crippen molar-refractivity contribution in [3.63, 3.8) is 0 Å². The van der Waals surface area contributed by atoms with Gasteiger partial charge in [-0.1, -0.05) is 147 Å². The quantitative estimate of drug-likeness (QED) is 0.171. The maximum atomic E-state index is 6.29. The van der Waals surface area contributed by atoms with E-state index < -0.39 is 0 Å². The Morgan fingerprint density at radius 2 is 1.04 bits per heavy atom. The van der Waals surface area contributed by atoms with Crippen LogP contribution >= 0.6 is 0 Å². The average molecular weight is 657 g/mol. The van der Waals surface area contributed by atoms with Gasteiger partial charge in [-0.25, -0.2) is 9.97 Å².